The van der Waals surface area contributed by atoms with E-state index in [1.807, 2.05) is 37.3 Å². The largest absolute Gasteiger partial charge is 0.357 e. The molecule has 0 aliphatic heterocycles. The normalized spacial score (nSPS) is 10.9. The van der Waals surface area contributed by atoms with E-state index in [2.05, 4.69) is 30.1 Å². The minimum absolute atomic E-state index is 0.133. The van der Waals surface area contributed by atoms with E-state index in [1.54, 1.807) is 0 Å². The molecule has 0 radical (unpaired) electrons. The van der Waals surface area contributed by atoms with Crippen LogP contribution < -0.4 is 5.43 Å². The number of para-hydroxylation sites is 1. The highest BCUT2D eigenvalue weighted by molar-refractivity contribution is 5.93. The topological polar surface area (TPSA) is 32.9 Å². The number of pyridine rings is 1. The van der Waals surface area contributed by atoms with Crippen molar-refractivity contribution in [2.75, 3.05) is 0 Å². The van der Waals surface area contributed by atoms with Gasteiger partial charge < -0.3 is 4.98 Å². The molecule has 1 heterocycles. The number of fused-ring (bicyclic) bond motifs is 1. The first-order valence-corrected chi connectivity index (χ1v) is 6.92. The monoisotopic (exact) mass is 263 g/mol. The Labute approximate surface area is 118 Å². The van der Waals surface area contributed by atoms with Crippen molar-refractivity contribution in [3.05, 3.63) is 70.0 Å². The Morgan fingerprint density at radius 2 is 1.75 bits per heavy atom. The molecule has 0 bridgehead atoms. The van der Waals surface area contributed by atoms with E-state index in [0.29, 0.717) is 0 Å². The van der Waals surface area contributed by atoms with Crippen LogP contribution in [0.5, 0.6) is 0 Å². The molecule has 0 atom stereocenters. The van der Waals surface area contributed by atoms with Crippen LogP contribution in [-0.4, -0.2) is 4.98 Å². The molecular weight excluding hydrogens is 246 g/mol. The molecule has 2 aromatic carbocycles. The fraction of sp³-hybridized carbons (Fsp3) is 0.167. The first kappa shape index (κ1) is 12.7. The number of aromatic nitrogens is 1. The summed E-state index contributed by atoms with van der Waals surface area (Å²) in [6.07, 6.45) is 0.833. The molecule has 0 saturated heterocycles. The van der Waals surface area contributed by atoms with E-state index in [-0.39, 0.29) is 5.43 Å². The van der Waals surface area contributed by atoms with E-state index in [9.17, 15) is 4.79 Å². The summed E-state index contributed by atoms with van der Waals surface area (Å²) < 4.78 is 0. The summed E-state index contributed by atoms with van der Waals surface area (Å²) in [4.78, 5) is 15.9. The molecule has 1 N–H and O–H groups in total. The third kappa shape index (κ3) is 1.94. The van der Waals surface area contributed by atoms with Crippen LogP contribution in [0.25, 0.3) is 22.0 Å². The van der Waals surface area contributed by atoms with Gasteiger partial charge in [0, 0.05) is 22.2 Å². The highest BCUT2D eigenvalue weighted by Crippen LogP contribution is 2.26. The van der Waals surface area contributed by atoms with E-state index in [4.69, 9.17) is 0 Å². The van der Waals surface area contributed by atoms with Crippen molar-refractivity contribution in [3.8, 4) is 11.1 Å². The smallest absolute Gasteiger partial charge is 0.192 e. The Kier molecular flexibility index (Phi) is 3.15. The molecule has 0 aliphatic rings. The van der Waals surface area contributed by atoms with Gasteiger partial charge in [0.2, 0.25) is 0 Å². The predicted octanol–water partition coefficient (Wildman–Crippen LogP) is 4.07. The van der Waals surface area contributed by atoms with Gasteiger partial charge in [-0.05, 0) is 25.0 Å². The molecule has 3 aromatic rings. The Morgan fingerprint density at radius 1 is 1.00 bits per heavy atom. The summed E-state index contributed by atoms with van der Waals surface area (Å²) in [5.41, 5.74) is 5.12. The van der Waals surface area contributed by atoms with Crippen LogP contribution in [0.2, 0.25) is 0 Å². The lowest BCUT2D eigenvalue weighted by Crippen LogP contribution is -2.11. The third-order valence-corrected chi connectivity index (χ3v) is 3.82. The first-order valence-electron chi connectivity index (χ1n) is 6.92. The lowest BCUT2D eigenvalue weighted by atomic mass is 10.00. The summed E-state index contributed by atoms with van der Waals surface area (Å²) in [5, 5.41) is 0.765. The van der Waals surface area contributed by atoms with Crippen LogP contribution in [0.1, 0.15) is 18.2 Å². The Morgan fingerprint density at radius 3 is 2.45 bits per heavy atom. The molecule has 1 aromatic heterocycles. The van der Waals surface area contributed by atoms with Gasteiger partial charge in [-0.25, -0.2) is 0 Å². The van der Waals surface area contributed by atoms with Gasteiger partial charge in [0.05, 0.1) is 5.52 Å². The van der Waals surface area contributed by atoms with Crippen molar-refractivity contribution in [2.24, 2.45) is 0 Å². The highest BCUT2D eigenvalue weighted by atomic mass is 16.1. The van der Waals surface area contributed by atoms with Crippen molar-refractivity contribution in [2.45, 2.75) is 20.3 Å². The Hall–Kier alpha value is -2.35. The van der Waals surface area contributed by atoms with Gasteiger partial charge in [-0.15, -0.1) is 0 Å². The zero-order chi connectivity index (χ0) is 14.1. The van der Waals surface area contributed by atoms with Crippen molar-refractivity contribution in [1.82, 2.24) is 4.98 Å². The summed E-state index contributed by atoms with van der Waals surface area (Å²) in [5.74, 6) is 0. The van der Waals surface area contributed by atoms with E-state index < -0.39 is 0 Å². The lowest BCUT2D eigenvalue weighted by molar-refractivity contribution is 1.02. The second-order valence-electron chi connectivity index (χ2n) is 5.01. The first-order chi connectivity index (χ1) is 9.72. The van der Waals surface area contributed by atoms with Crippen molar-refractivity contribution in [1.29, 1.82) is 0 Å². The van der Waals surface area contributed by atoms with Gasteiger partial charge in [-0.3, -0.25) is 4.79 Å². The van der Waals surface area contributed by atoms with E-state index in [1.165, 1.54) is 0 Å². The van der Waals surface area contributed by atoms with Crippen LogP contribution in [0.15, 0.2) is 53.3 Å². The summed E-state index contributed by atoms with van der Waals surface area (Å²) >= 11 is 0. The number of hydrogen-bond acceptors (Lipinski definition) is 1. The number of benzene rings is 2. The molecule has 0 saturated carbocycles. The van der Waals surface area contributed by atoms with E-state index >= 15 is 0 Å². The Bertz CT molecular complexity index is 816. The minimum atomic E-state index is 0.133. The van der Waals surface area contributed by atoms with Gasteiger partial charge in [-0.1, -0.05) is 49.4 Å². The van der Waals surface area contributed by atoms with Crippen molar-refractivity contribution >= 4 is 10.9 Å². The van der Waals surface area contributed by atoms with Gasteiger partial charge in [0.15, 0.2) is 5.43 Å². The van der Waals surface area contributed by atoms with Gasteiger partial charge in [0.1, 0.15) is 0 Å². The van der Waals surface area contributed by atoms with Gasteiger partial charge >= 0.3 is 0 Å². The molecule has 0 spiro atoms. The van der Waals surface area contributed by atoms with Crippen LogP contribution in [0.3, 0.4) is 0 Å². The highest BCUT2D eigenvalue weighted by Gasteiger charge is 2.10. The number of nitrogens with one attached hydrogen (secondary N) is 1. The second kappa shape index (κ2) is 4.97. The Balaban J connectivity index is 2.41. The molecular formula is C18H17NO. The molecule has 0 fully saturated rings. The molecule has 20 heavy (non-hydrogen) atoms. The molecule has 2 nitrogen and oxygen atoms in total. The predicted molar refractivity (Wildman–Crippen MR) is 84.1 cm³/mol. The molecule has 0 unspecified atom stereocenters. The standard InChI is InChI=1S/C18H17NO/c1-3-16-12(2)18(20)15-11-7-10-14(17(15)19-16)13-8-5-4-6-9-13/h4-11H,3H2,1-2H3,(H,19,20). The number of aryl methyl sites for hydroxylation is 1. The number of aromatic amines is 1. The van der Waals surface area contributed by atoms with Crippen LogP contribution in [-0.2, 0) is 6.42 Å². The van der Waals surface area contributed by atoms with Crippen LogP contribution in [0.4, 0.5) is 0 Å². The fourth-order valence-corrected chi connectivity index (χ4v) is 2.67. The molecule has 3 rings (SSSR count). The van der Waals surface area contributed by atoms with Gasteiger partial charge in [0.25, 0.3) is 0 Å². The summed E-state index contributed by atoms with van der Waals surface area (Å²) in [7, 11) is 0. The zero-order valence-electron chi connectivity index (χ0n) is 11.7. The summed E-state index contributed by atoms with van der Waals surface area (Å²) in [6, 6.07) is 16.1. The quantitative estimate of drug-likeness (QED) is 0.743. The van der Waals surface area contributed by atoms with Crippen molar-refractivity contribution in [3.63, 3.8) is 0 Å². The minimum Gasteiger partial charge on any atom is -0.357 e. The maximum atomic E-state index is 12.5. The number of H-pyrrole nitrogens is 1. The summed E-state index contributed by atoms with van der Waals surface area (Å²) in [6.45, 7) is 3.96. The SMILES string of the molecule is CCc1[nH]c2c(-c3ccccc3)cccc2c(=O)c1C. The molecule has 0 amide bonds. The zero-order valence-corrected chi connectivity index (χ0v) is 11.7. The number of hydrogen-bond donors (Lipinski definition) is 1. The lowest BCUT2D eigenvalue weighted by Gasteiger charge is -2.10. The average molecular weight is 263 g/mol. The molecule has 100 valence electrons. The molecule has 2 heteroatoms. The van der Waals surface area contributed by atoms with Crippen LogP contribution in [0, 0.1) is 6.92 Å². The van der Waals surface area contributed by atoms with Gasteiger partial charge in [-0.2, -0.15) is 0 Å². The second-order valence-corrected chi connectivity index (χ2v) is 5.01. The maximum Gasteiger partial charge on any atom is 0.192 e. The average Bonchev–Trinajstić information content (AvgIpc) is 2.51. The van der Waals surface area contributed by atoms with Crippen molar-refractivity contribution < 1.29 is 0 Å². The third-order valence-electron chi connectivity index (χ3n) is 3.82. The fourth-order valence-electron chi connectivity index (χ4n) is 2.67. The molecule has 0 aliphatic carbocycles. The van der Waals surface area contributed by atoms with Crippen LogP contribution >= 0.6 is 0 Å². The van der Waals surface area contributed by atoms with E-state index in [0.717, 1.165) is 39.7 Å². The maximum absolute atomic E-state index is 12.5. The number of rotatable bonds is 2.